The molecule has 356 valence electrons. The zero-order valence-corrected chi connectivity index (χ0v) is 37.4. The Morgan fingerprint density at radius 3 is 1.91 bits per heavy atom. The van der Waals surface area contributed by atoms with Gasteiger partial charge in [0.05, 0.1) is 12.6 Å². The molecule has 1 heterocycles. The van der Waals surface area contributed by atoms with E-state index in [2.05, 4.69) is 36.9 Å². The summed E-state index contributed by atoms with van der Waals surface area (Å²) in [5, 5.41) is 25.3. The average Bonchev–Trinajstić information content (AvgIpc) is 3.72. The molecule has 0 unspecified atom stereocenters. The molecule has 1 aliphatic rings. The molecular weight excluding hydrogens is 833 g/mol. The highest BCUT2D eigenvalue weighted by Gasteiger charge is 2.37. The summed E-state index contributed by atoms with van der Waals surface area (Å²) in [6, 6.07) is 0.724. The normalized spacial score (nSPS) is 16.2. The third kappa shape index (κ3) is 19.4. The molecule has 0 radical (unpaired) electrons. The molecule has 1 aromatic rings. The highest BCUT2D eigenvalue weighted by molar-refractivity contribution is 5.97. The van der Waals surface area contributed by atoms with Crippen molar-refractivity contribution in [3.8, 4) is 0 Å². The Balaban J connectivity index is 2.19. The Hall–Kier alpha value is -6.32. The van der Waals surface area contributed by atoms with Crippen molar-refractivity contribution in [2.24, 2.45) is 39.8 Å². The fraction of sp³-hybridized carbons (Fsp3) is 0.619. The maximum Gasteiger partial charge on any atom is 0.326 e. The Labute approximate surface area is 373 Å². The maximum absolute atomic E-state index is 14.0. The van der Waals surface area contributed by atoms with E-state index in [-0.39, 0.29) is 75.8 Å². The number of amides is 8. The van der Waals surface area contributed by atoms with Crippen LogP contribution in [-0.4, -0.2) is 131 Å². The molecule has 0 saturated carbocycles. The van der Waals surface area contributed by atoms with Gasteiger partial charge in [-0.1, -0.05) is 58.0 Å². The number of carboxylic acids is 1. The highest BCUT2D eigenvalue weighted by Crippen LogP contribution is 2.19. The number of benzene rings is 1. The van der Waals surface area contributed by atoms with Crippen LogP contribution in [0.4, 0.5) is 0 Å². The number of aliphatic carboxylic acids is 1. The van der Waals surface area contributed by atoms with Gasteiger partial charge in [-0.05, 0) is 69.3 Å². The van der Waals surface area contributed by atoms with Crippen LogP contribution in [0.5, 0.6) is 0 Å². The Kier molecular flexibility index (Phi) is 22.7. The summed E-state index contributed by atoms with van der Waals surface area (Å²) < 4.78 is 0. The van der Waals surface area contributed by atoms with E-state index in [0.29, 0.717) is 18.4 Å². The molecule has 0 aliphatic carbocycles. The minimum absolute atomic E-state index is 0.00461. The van der Waals surface area contributed by atoms with E-state index in [9.17, 15) is 48.3 Å². The quantitative estimate of drug-likeness (QED) is 0.0250. The van der Waals surface area contributed by atoms with E-state index < -0.39 is 102 Å². The van der Waals surface area contributed by atoms with Crippen molar-refractivity contribution in [2.75, 3.05) is 19.6 Å². The van der Waals surface area contributed by atoms with Crippen LogP contribution in [0.15, 0.2) is 35.3 Å². The van der Waals surface area contributed by atoms with E-state index in [1.165, 1.54) is 11.8 Å². The number of nitrogens with zero attached hydrogens (tertiary/aromatic N) is 2. The van der Waals surface area contributed by atoms with Gasteiger partial charge in [0.25, 0.3) is 0 Å². The van der Waals surface area contributed by atoms with Crippen LogP contribution in [0.3, 0.4) is 0 Å². The molecule has 64 heavy (non-hydrogen) atoms. The molecule has 22 heteroatoms. The summed E-state index contributed by atoms with van der Waals surface area (Å²) >= 11 is 0. The molecular formula is C42H68N12O10. The van der Waals surface area contributed by atoms with Crippen molar-refractivity contribution in [3.05, 3.63) is 35.9 Å². The molecule has 2 rings (SSSR count). The zero-order chi connectivity index (χ0) is 48.1. The van der Waals surface area contributed by atoms with Crippen LogP contribution in [0.25, 0.3) is 0 Å². The maximum atomic E-state index is 14.0. The van der Waals surface area contributed by atoms with Crippen molar-refractivity contribution in [1.82, 2.24) is 36.8 Å². The highest BCUT2D eigenvalue weighted by atomic mass is 16.4. The first-order chi connectivity index (χ1) is 30.1. The third-order valence-corrected chi connectivity index (χ3v) is 10.2. The van der Waals surface area contributed by atoms with E-state index in [0.717, 1.165) is 0 Å². The van der Waals surface area contributed by atoms with E-state index in [4.69, 9.17) is 22.9 Å². The van der Waals surface area contributed by atoms with Gasteiger partial charge in [-0.25, -0.2) is 4.79 Å². The number of hydrogen-bond donors (Lipinski definition) is 11. The Bertz CT molecular complexity index is 1810. The minimum atomic E-state index is -1.26. The predicted octanol–water partition coefficient (Wildman–Crippen LogP) is -2.40. The SMILES string of the molecule is CC(C)C[C@H](NC(=O)[C@H](Cc1ccccc1)NC(=O)[C@H](CC(C)C)NC(=O)[C@H](CCCN=C(N)N)NC(=O)[C@H](C)NC(=O)CNC(=O)[C@@H]1CCCN1C(=O)[C@@H](N)CCC(N)=O)C(=O)O. The number of guanidine groups is 1. The minimum Gasteiger partial charge on any atom is -0.480 e. The first-order valence-electron chi connectivity index (χ1n) is 21.5. The molecule has 7 atom stereocenters. The second-order valence-electron chi connectivity index (χ2n) is 16.8. The molecule has 0 spiro atoms. The zero-order valence-electron chi connectivity index (χ0n) is 37.4. The first kappa shape index (κ1) is 53.8. The van der Waals surface area contributed by atoms with Crippen molar-refractivity contribution >= 4 is 59.2 Å². The molecule has 1 fully saturated rings. The second-order valence-corrected chi connectivity index (χ2v) is 16.8. The fourth-order valence-corrected chi connectivity index (χ4v) is 6.92. The van der Waals surface area contributed by atoms with Gasteiger partial charge in [-0.3, -0.25) is 43.3 Å². The summed E-state index contributed by atoms with van der Waals surface area (Å²) in [4.78, 5) is 122. The molecule has 1 saturated heterocycles. The summed E-state index contributed by atoms with van der Waals surface area (Å²) in [6.45, 7) is 8.43. The molecule has 8 amide bonds. The average molecular weight is 901 g/mol. The van der Waals surface area contributed by atoms with Gasteiger partial charge in [0, 0.05) is 25.9 Å². The lowest BCUT2D eigenvalue weighted by Crippen LogP contribution is -2.59. The number of carbonyl (C=O) groups is 9. The summed E-state index contributed by atoms with van der Waals surface area (Å²) in [6.07, 6.45) is 1.23. The number of primary amides is 1. The molecule has 0 aromatic heterocycles. The van der Waals surface area contributed by atoms with Gasteiger partial charge in [0.2, 0.25) is 47.3 Å². The number of hydrogen-bond acceptors (Lipinski definition) is 11. The van der Waals surface area contributed by atoms with Crippen LogP contribution < -0.4 is 54.8 Å². The molecule has 1 aromatic carbocycles. The van der Waals surface area contributed by atoms with Gasteiger partial charge in [0.15, 0.2) is 5.96 Å². The van der Waals surface area contributed by atoms with Crippen LogP contribution in [-0.2, 0) is 49.6 Å². The van der Waals surface area contributed by atoms with Gasteiger partial charge < -0.3 is 64.8 Å². The number of carboxylic acid groups (broad SMARTS) is 1. The monoisotopic (exact) mass is 901 g/mol. The summed E-state index contributed by atoms with van der Waals surface area (Å²) in [7, 11) is 0. The van der Waals surface area contributed by atoms with Gasteiger partial charge in [-0.15, -0.1) is 0 Å². The van der Waals surface area contributed by atoms with Crippen molar-refractivity contribution in [1.29, 1.82) is 0 Å². The Morgan fingerprint density at radius 1 is 0.750 bits per heavy atom. The number of carbonyl (C=O) groups excluding carboxylic acids is 8. The number of likely N-dealkylation sites (tertiary alicyclic amines) is 1. The lowest BCUT2D eigenvalue weighted by molar-refractivity contribution is -0.143. The summed E-state index contributed by atoms with van der Waals surface area (Å²) in [5.74, 6) is -7.12. The van der Waals surface area contributed by atoms with E-state index in [1.54, 1.807) is 30.3 Å². The predicted molar refractivity (Wildman–Crippen MR) is 236 cm³/mol. The van der Waals surface area contributed by atoms with Crippen LogP contribution in [0, 0.1) is 11.8 Å². The molecule has 0 bridgehead atoms. The number of nitrogens with one attached hydrogen (secondary N) is 6. The lowest BCUT2D eigenvalue weighted by atomic mass is 9.99. The Morgan fingerprint density at radius 2 is 1.31 bits per heavy atom. The first-order valence-corrected chi connectivity index (χ1v) is 21.5. The van der Waals surface area contributed by atoms with Crippen molar-refractivity contribution in [2.45, 2.75) is 135 Å². The van der Waals surface area contributed by atoms with Crippen LogP contribution in [0.2, 0.25) is 0 Å². The molecule has 22 nitrogen and oxygen atoms in total. The standard InChI is InChI=1S/C42H68N12O10/c1-23(2)19-29(37(59)52-30(21-26-11-7-6-8-12-26)38(60)53-31(41(63)64)20-24(3)4)51-36(58)28(13-9-17-47-42(45)46)50-35(57)25(5)49-34(56)22-48-39(61)32-14-10-18-54(32)40(62)27(43)15-16-33(44)55/h6-8,11-12,23-25,27-32H,9-10,13-22,43H2,1-5H3,(H2,44,55)(H,48,61)(H,49,56)(H,50,57)(H,51,58)(H,52,59)(H,53,60)(H,63,64)(H4,45,46,47)/t25-,27-,28-,29-,30-,31-,32-/m0/s1. The topological polar surface area (TPSA) is 366 Å². The van der Waals surface area contributed by atoms with Crippen LogP contribution >= 0.6 is 0 Å². The number of aliphatic imine (C=N–C) groups is 1. The van der Waals surface area contributed by atoms with Gasteiger partial charge in [0.1, 0.15) is 36.3 Å². The third-order valence-electron chi connectivity index (χ3n) is 10.2. The second kappa shape index (κ2) is 27.0. The lowest BCUT2D eigenvalue weighted by Gasteiger charge is -2.27. The largest absolute Gasteiger partial charge is 0.480 e. The van der Waals surface area contributed by atoms with Crippen LogP contribution in [0.1, 0.15) is 91.5 Å². The van der Waals surface area contributed by atoms with Gasteiger partial charge in [-0.2, -0.15) is 0 Å². The van der Waals surface area contributed by atoms with Crippen molar-refractivity contribution in [3.63, 3.8) is 0 Å². The van der Waals surface area contributed by atoms with E-state index in [1.807, 2.05) is 27.7 Å². The summed E-state index contributed by atoms with van der Waals surface area (Å²) in [5.41, 5.74) is 22.7. The van der Waals surface area contributed by atoms with Gasteiger partial charge >= 0.3 is 5.97 Å². The van der Waals surface area contributed by atoms with E-state index >= 15 is 0 Å². The number of nitrogens with two attached hydrogens (primary N) is 4. The molecule has 15 N–H and O–H groups in total. The molecule has 1 aliphatic heterocycles. The number of rotatable bonds is 27. The van der Waals surface area contributed by atoms with Crippen molar-refractivity contribution < 1.29 is 48.3 Å². The smallest absolute Gasteiger partial charge is 0.326 e. The fourth-order valence-electron chi connectivity index (χ4n) is 6.92.